The molecule has 0 saturated heterocycles. The second kappa shape index (κ2) is 8.20. The Labute approximate surface area is 191 Å². The van der Waals surface area contributed by atoms with Crippen LogP contribution in [0.15, 0.2) is 84.9 Å². The molecule has 2 heteroatoms. The van der Waals surface area contributed by atoms with Crippen molar-refractivity contribution in [1.29, 1.82) is 0 Å². The van der Waals surface area contributed by atoms with E-state index in [1.807, 2.05) is 0 Å². The van der Waals surface area contributed by atoms with E-state index in [0.717, 1.165) is 0 Å². The van der Waals surface area contributed by atoms with Gasteiger partial charge in [-0.2, -0.15) is 0 Å². The van der Waals surface area contributed by atoms with E-state index >= 15 is 0 Å². The third-order valence-electron chi connectivity index (χ3n) is 6.78. The van der Waals surface area contributed by atoms with Gasteiger partial charge in [-0.25, -0.2) is 0 Å². The Bertz CT molecular complexity index is 1150. The zero-order valence-corrected chi connectivity index (χ0v) is 19.2. The van der Waals surface area contributed by atoms with Crippen LogP contribution < -0.4 is 10.6 Å². The Morgan fingerprint density at radius 1 is 0.438 bits per heavy atom. The zero-order valence-electron chi connectivity index (χ0n) is 19.2. The fraction of sp³-hybridized carbons (Fsp3) is 0.200. The van der Waals surface area contributed by atoms with Gasteiger partial charge >= 0.3 is 0 Å². The van der Waals surface area contributed by atoms with Crippen LogP contribution in [0.4, 0.5) is 11.4 Å². The molecule has 0 unspecified atom stereocenters. The Morgan fingerprint density at radius 2 is 0.781 bits per heavy atom. The number of hydrogen-bond donors (Lipinski definition) is 2. The summed E-state index contributed by atoms with van der Waals surface area (Å²) >= 11 is 0. The average molecular weight is 419 g/mol. The predicted molar refractivity (Wildman–Crippen MR) is 136 cm³/mol. The molecule has 0 heterocycles. The largest absolute Gasteiger partial charge is 0.375 e. The van der Waals surface area contributed by atoms with E-state index in [4.69, 9.17) is 0 Å². The fourth-order valence-corrected chi connectivity index (χ4v) is 5.10. The van der Waals surface area contributed by atoms with Crippen LogP contribution in [0, 0.1) is 27.7 Å². The van der Waals surface area contributed by atoms with Crippen LogP contribution >= 0.6 is 0 Å². The van der Waals surface area contributed by atoms with Crippen molar-refractivity contribution in [2.75, 3.05) is 10.6 Å². The molecule has 160 valence electrons. The van der Waals surface area contributed by atoms with E-state index in [-0.39, 0.29) is 12.1 Å². The normalized spacial score (nSPS) is 16.8. The third kappa shape index (κ3) is 3.46. The molecule has 32 heavy (non-hydrogen) atoms. The van der Waals surface area contributed by atoms with Crippen LogP contribution in [0.2, 0.25) is 0 Å². The van der Waals surface area contributed by atoms with Gasteiger partial charge in [0.2, 0.25) is 0 Å². The van der Waals surface area contributed by atoms with E-state index in [0.29, 0.717) is 0 Å². The van der Waals surface area contributed by atoms with Gasteiger partial charge in [0, 0.05) is 11.4 Å². The Kier molecular flexibility index (Phi) is 5.22. The number of rotatable bonds is 4. The van der Waals surface area contributed by atoms with E-state index in [2.05, 4.69) is 123 Å². The Morgan fingerprint density at radius 3 is 1.16 bits per heavy atom. The van der Waals surface area contributed by atoms with Gasteiger partial charge in [0.1, 0.15) is 0 Å². The molecule has 0 bridgehead atoms. The smallest absolute Gasteiger partial charge is 0.0763 e. The molecule has 0 aromatic heterocycles. The molecular formula is C30H30N2. The Hall–Kier alpha value is -3.52. The van der Waals surface area contributed by atoms with Gasteiger partial charge in [-0.3, -0.25) is 0 Å². The molecule has 5 rings (SSSR count). The predicted octanol–water partition coefficient (Wildman–Crippen LogP) is 7.91. The molecule has 0 amide bonds. The molecule has 1 aliphatic carbocycles. The second-order valence-electron chi connectivity index (χ2n) is 8.95. The third-order valence-corrected chi connectivity index (χ3v) is 6.78. The van der Waals surface area contributed by atoms with Crippen molar-refractivity contribution in [3.63, 3.8) is 0 Å². The summed E-state index contributed by atoms with van der Waals surface area (Å²) in [4.78, 5) is 0. The monoisotopic (exact) mass is 418 g/mol. The van der Waals surface area contributed by atoms with Gasteiger partial charge in [-0.05, 0) is 72.2 Å². The molecule has 0 radical (unpaired) electrons. The molecule has 0 aliphatic heterocycles. The molecular weight excluding hydrogens is 388 g/mol. The summed E-state index contributed by atoms with van der Waals surface area (Å²) in [5.41, 5.74) is 12.8. The summed E-state index contributed by atoms with van der Waals surface area (Å²) in [6.45, 7) is 8.75. The van der Waals surface area contributed by atoms with E-state index in [9.17, 15) is 0 Å². The van der Waals surface area contributed by atoms with Crippen molar-refractivity contribution in [3.05, 3.63) is 118 Å². The quantitative estimate of drug-likeness (QED) is 0.352. The maximum Gasteiger partial charge on any atom is 0.0763 e. The molecule has 0 spiro atoms. The highest BCUT2D eigenvalue weighted by Crippen LogP contribution is 2.48. The average Bonchev–Trinajstić information content (AvgIpc) is 2.80. The molecule has 2 nitrogen and oxygen atoms in total. The van der Waals surface area contributed by atoms with Crippen LogP contribution in [0.5, 0.6) is 0 Å². The highest BCUT2D eigenvalue weighted by molar-refractivity contribution is 5.77. The van der Waals surface area contributed by atoms with E-state index in [1.165, 1.54) is 55.9 Å². The molecule has 4 aromatic rings. The number of nitrogens with one attached hydrogen (secondary N) is 2. The second-order valence-corrected chi connectivity index (χ2v) is 8.95. The van der Waals surface area contributed by atoms with Crippen molar-refractivity contribution >= 4 is 11.4 Å². The van der Waals surface area contributed by atoms with Gasteiger partial charge in [0.15, 0.2) is 0 Å². The zero-order chi connectivity index (χ0) is 22.2. The number of anilines is 2. The first-order chi connectivity index (χ1) is 15.5. The van der Waals surface area contributed by atoms with Gasteiger partial charge < -0.3 is 10.6 Å². The first kappa shape index (κ1) is 20.4. The van der Waals surface area contributed by atoms with Crippen molar-refractivity contribution in [2.24, 2.45) is 0 Å². The Balaban J connectivity index is 1.69. The number of aryl methyl sites for hydroxylation is 4. The van der Waals surface area contributed by atoms with Gasteiger partial charge in [-0.15, -0.1) is 0 Å². The summed E-state index contributed by atoms with van der Waals surface area (Å²) in [6, 6.07) is 30.9. The van der Waals surface area contributed by atoms with E-state index < -0.39 is 0 Å². The molecule has 0 fully saturated rings. The standard InChI is InChI=1S/C30H30N2/c1-19-11-9-12-20(2)27(19)31-29-25-17-7-5-15-23(25)24-16-6-8-18-26(24)30(29)32-28-21(3)13-10-14-22(28)4/h5-18,29-32H,1-4H3/t29-,30+. The van der Waals surface area contributed by atoms with E-state index in [1.54, 1.807) is 0 Å². The first-order valence-corrected chi connectivity index (χ1v) is 11.4. The number of hydrogen-bond acceptors (Lipinski definition) is 2. The minimum atomic E-state index is 0.0971. The van der Waals surface area contributed by atoms with Crippen LogP contribution in [0.3, 0.4) is 0 Å². The van der Waals surface area contributed by atoms with Crippen LogP contribution in [-0.2, 0) is 0 Å². The summed E-state index contributed by atoms with van der Waals surface area (Å²) < 4.78 is 0. The highest BCUT2D eigenvalue weighted by Gasteiger charge is 2.34. The molecule has 4 aromatic carbocycles. The number of fused-ring (bicyclic) bond motifs is 3. The van der Waals surface area contributed by atoms with Gasteiger partial charge in [-0.1, -0.05) is 84.9 Å². The van der Waals surface area contributed by atoms with Crippen molar-refractivity contribution in [2.45, 2.75) is 39.8 Å². The van der Waals surface area contributed by atoms with Crippen molar-refractivity contribution < 1.29 is 0 Å². The lowest BCUT2D eigenvalue weighted by Crippen LogP contribution is -2.30. The molecule has 1 aliphatic rings. The van der Waals surface area contributed by atoms with Gasteiger partial charge in [0.25, 0.3) is 0 Å². The van der Waals surface area contributed by atoms with Crippen molar-refractivity contribution in [1.82, 2.24) is 0 Å². The fourth-order valence-electron chi connectivity index (χ4n) is 5.10. The maximum absolute atomic E-state index is 3.96. The minimum Gasteiger partial charge on any atom is -0.375 e. The lowest BCUT2D eigenvalue weighted by Gasteiger charge is -2.38. The number of benzene rings is 4. The van der Waals surface area contributed by atoms with Gasteiger partial charge in [0.05, 0.1) is 12.1 Å². The number of para-hydroxylation sites is 2. The molecule has 0 saturated carbocycles. The SMILES string of the molecule is Cc1cccc(C)c1N[C@@H]1c2ccccc2-c2ccccc2[C@@H]1Nc1c(C)cccc1C. The first-order valence-electron chi connectivity index (χ1n) is 11.4. The topological polar surface area (TPSA) is 24.1 Å². The van der Waals surface area contributed by atoms with Crippen LogP contribution in [-0.4, -0.2) is 0 Å². The summed E-state index contributed by atoms with van der Waals surface area (Å²) in [5.74, 6) is 0. The maximum atomic E-state index is 3.96. The lowest BCUT2D eigenvalue weighted by molar-refractivity contribution is 0.640. The summed E-state index contributed by atoms with van der Waals surface area (Å²) in [6.07, 6.45) is 0. The summed E-state index contributed by atoms with van der Waals surface area (Å²) in [7, 11) is 0. The highest BCUT2D eigenvalue weighted by atomic mass is 15.0. The van der Waals surface area contributed by atoms with Crippen LogP contribution in [0.25, 0.3) is 11.1 Å². The summed E-state index contributed by atoms with van der Waals surface area (Å²) in [5, 5.41) is 7.92. The molecule has 2 N–H and O–H groups in total. The lowest BCUT2D eigenvalue weighted by atomic mass is 9.78. The molecule has 2 atom stereocenters. The van der Waals surface area contributed by atoms with Crippen molar-refractivity contribution in [3.8, 4) is 11.1 Å². The minimum absolute atomic E-state index is 0.0971. The van der Waals surface area contributed by atoms with Crippen LogP contribution in [0.1, 0.15) is 45.5 Å².